The van der Waals surface area contributed by atoms with Crippen molar-refractivity contribution in [1.82, 2.24) is 0 Å². The summed E-state index contributed by atoms with van der Waals surface area (Å²) in [6, 6.07) is 0. The number of esters is 14. The van der Waals surface area contributed by atoms with Crippen molar-refractivity contribution in [2.75, 3.05) is 60.5 Å². The van der Waals surface area contributed by atoms with Crippen molar-refractivity contribution in [3.05, 3.63) is 0 Å². The maximum Gasteiger partial charge on any atom is 0.310 e. The van der Waals surface area contributed by atoms with E-state index in [2.05, 4.69) is 4.74 Å². The quantitative estimate of drug-likeness (QED) is 0.0760. The molecule has 7 N–H and O–H groups in total. The van der Waals surface area contributed by atoms with E-state index in [0.29, 0.717) is 52.1 Å². The molecule has 0 spiro atoms. The van der Waals surface area contributed by atoms with Crippen LogP contribution in [0.25, 0.3) is 0 Å². The maximum atomic E-state index is 12.2. The predicted molar refractivity (Wildman–Crippen MR) is 381 cm³/mol. The molecule has 14 saturated carbocycles. The third kappa shape index (κ3) is 13.5. The fourth-order valence-electron chi connectivity index (χ4n) is 26.3. The summed E-state index contributed by atoms with van der Waals surface area (Å²) in [6.45, 7) is 14.0. The van der Waals surface area contributed by atoms with E-state index in [1.165, 1.54) is 14.2 Å². The van der Waals surface area contributed by atoms with Gasteiger partial charge in [-0.15, -0.1) is 0 Å². The normalized spacial score (nSPS) is 46.9. The fraction of sp³-hybridized carbons (Fsp3) is 0.829. The van der Waals surface area contributed by atoms with Crippen LogP contribution < -0.4 is 0 Å². The number of methoxy groups -OCH3 is 2. The third-order valence-electron chi connectivity index (χ3n) is 30.4. The minimum absolute atomic E-state index is 0.00461. The number of aliphatic hydroxyl groups excluding tert-OH is 7. The Labute approximate surface area is 673 Å². The number of carbonyl (C=O) groups is 14. The predicted octanol–water partition coefficient (Wildman–Crippen LogP) is -0.453. The number of ether oxygens (including phenoxy) is 14. The Morgan fingerprint density at radius 1 is 0.308 bits per heavy atom. The molecular weight excluding hydrogens is 1540 g/mol. The molecular formula is C82H108O35. The van der Waals surface area contributed by atoms with Gasteiger partial charge < -0.3 is 102 Å². The zero-order valence-corrected chi connectivity index (χ0v) is 66.6. The Balaban J connectivity index is 0.000000107. The molecule has 42 unspecified atom stereocenters. The molecule has 14 bridgehead atoms. The third-order valence-corrected chi connectivity index (χ3v) is 30.4. The van der Waals surface area contributed by atoms with Crippen LogP contribution in [0.1, 0.15) is 106 Å². The first kappa shape index (κ1) is 84.3. The highest BCUT2D eigenvalue weighted by molar-refractivity contribution is 5.91. The van der Waals surface area contributed by atoms with Crippen molar-refractivity contribution in [3.8, 4) is 0 Å². The van der Waals surface area contributed by atoms with Crippen molar-refractivity contribution in [2.24, 2.45) is 183 Å². The summed E-state index contributed by atoms with van der Waals surface area (Å²) >= 11 is 0. The van der Waals surface area contributed by atoms with Crippen LogP contribution in [-0.4, -0.2) is 253 Å². The lowest BCUT2D eigenvalue weighted by molar-refractivity contribution is -0.166. The van der Waals surface area contributed by atoms with Crippen molar-refractivity contribution in [2.45, 2.75) is 179 Å². The van der Waals surface area contributed by atoms with Gasteiger partial charge in [-0.1, -0.05) is 13.8 Å². The largest absolute Gasteiger partial charge is 0.469 e. The van der Waals surface area contributed by atoms with Crippen molar-refractivity contribution in [1.29, 1.82) is 0 Å². The Kier molecular flexibility index (Phi) is 23.3. The molecule has 42 atom stereocenters. The van der Waals surface area contributed by atoms with Gasteiger partial charge in [-0.3, -0.25) is 67.1 Å². The number of hydrogen-bond acceptors (Lipinski definition) is 35. The summed E-state index contributed by atoms with van der Waals surface area (Å²) in [5, 5.41) is 67.9. The molecule has 14 aliphatic carbocycles. The van der Waals surface area contributed by atoms with Gasteiger partial charge in [-0.05, 0) is 110 Å². The molecule has 0 aromatic carbocycles. The van der Waals surface area contributed by atoms with E-state index in [4.69, 9.17) is 61.6 Å². The molecule has 35 nitrogen and oxygen atoms in total. The molecule has 0 aromatic rings. The average Bonchev–Trinajstić information content (AvgIpc) is 1.54. The molecule has 0 amide bonds. The van der Waals surface area contributed by atoms with Gasteiger partial charge in [0.25, 0.3) is 0 Å². The van der Waals surface area contributed by atoms with E-state index in [9.17, 15) is 103 Å². The first-order chi connectivity index (χ1) is 55.8. The monoisotopic (exact) mass is 1650 g/mol. The van der Waals surface area contributed by atoms with E-state index in [0.717, 1.165) is 32.1 Å². The molecule has 21 aliphatic rings. The zero-order valence-electron chi connectivity index (χ0n) is 66.6. The van der Waals surface area contributed by atoms with Gasteiger partial charge in [-0.25, -0.2) is 0 Å². The van der Waals surface area contributed by atoms with E-state index in [1.54, 1.807) is 34.6 Å². The first-order valence-corrected chi connectivity index (χ1v) is 41.8. The van der Waals surface area contributed by atoms with Crippen LogP contribution in [0.4, 0.5) is 0 Å². The van der Waals surface area contributed by atoms with Crippen LogP contribution in [0.5, 0.6) is 0 Å². The number of fused-ring (bicyclic) bond motifs is 7. The van der Waals surface area contributed by atoms with Crippen LogP contribution >= 0.6 is 0 Å². The minimum atomic E-state index is -0.713. The Morgan fingerprint density at radius 2 is 0.513 bits per heavy atom. The lowest BCUT2D eigenvalue weighted by atomic mass is 9.74. The topological polar surface area (TPSA) is 510 Å². The SMILES string of the molecule is CC(C)(C)OC(=O)C1C2CC3C(OC(=O)C31)C2O.CCCOC(=O)C1C2CC3C(OC(=O)C31)C2CO.CCCOC(=O)C1C2CC3C(OC(=O)C31)C2O.CCOC(=O)C1C2CC3C(OC(=O)C31)C2CO.CCOC(=O)C1C2CC3C(OC(=O)C31)C2O.COC(=O)C1C2CC3C(OC(=O)C31)C2CO.COC(=O)C1C2CC3C(OC(=O)C31)C2O. The van der Waals surface area contributed by atoms with Crippen LogP contribution in [-0.2, 0) is 133 Å². The fourth-order valence-corrected chi connectivity index (χ4v) is 26.3. The molecule has 7 heterocycles. The minimum Gasteiger partial charge on any atom is -0.469 e. The maximum absolute atomic E-state index is 12.2. The Bertz CT molecular complexity index is 3950. The van der Waals surface area contributed by atoms with E-state index >= 15 is 0 Å². The summed E-state index contributed by atoms with van der Waals surface area (Å²) in [4.78, 5) is 165. The number of hydrogen-bond donors (Lipinski definition) is 7. The molecule has 0 aromatic heterocycles. The average molecular weight is 1650 g/mol. The highest BCUT2D eigenvalue weighted by atomic mass is 16.6. The van der Waals surface area contributed by atoms with Gasteiger partial charge in [0.1, 0.15) is 48.3 Å². The van der Waals surface area contributed by atoms with Crippen molar-refractivity contribution < 1.29 is 169 Å². The van der Waals surface area contributed by atoms with Gasteiger partial charge in [0.2, 0.25) is 0 Å². The molecule has 7 aliphatic heterocycles. The molecule has 0 radical (unpaired) electrons. The number of carbonyl (C=O) groups excluding carboxylic acids is 14. The van der Waals surface area contributed by atoms with Gasteiger partial charge in [0.15, 0.2) is 0 Å². The van der Waals surface area contributed by atoms with Gasteiger partial charge in [0.05, 0.1) is 148 Å². The van der Waals surface area contributed by atoms with Crippen LogP contribution in [0, 0.1) is 183 Å². The summed E-state index contributed by atoms with van der Waals surface area (Å²) in [5.41, 5.74) is -0.578. The Morgan fingerprint density at radius 3 is 0.744 bits per heavy atom. The Hall–Kier alpha value is -7.70. The standard InChI is InChI=1S/2C13H18O5.2C12H16O5.2C11H14O5.C10H12O5/c1-13(2,3)18-12(16)7-5-4-6-8(7)11(15)17-10(6)9(5)14;1-2-3-17-12(15)9-6-4-7-10(9)13(16)18-11(7)8(6)5-14;1-2-16-11(14)8-5-3-6-9(8)12(15)17-10(6)7(5)4-13;1-2-3-16-11(14)7-5-4-6-8(7)12(15)17-10(6)9(5)13;1-15-10(13)7-4-2-5-8(7)11(14)16-9(5)6(4)3-12;1-2-15-10(13)6-4-3-5-7(6)11(14)16-9(5)8(4)12;1-14-9(12)5-3-2-4-6(5)10(13)15-8(4)7(3)11/h5-10,14H,4H2,1-3H3;6-11,14H,2-5H2,1H3;2*5-10,13H,2-4H2,1H3;2*4-9,12H,2-3H2,1H3;3-8,11H,2H2,1H3. The first-order valence-electron chi connectivity index (χ1n) is 41.8. The zero-order chi connectivity index (χ0) is 84.0. The second-order valence-electron chi connectivity index (χ2n) is 36.5. The summed E-state index contributed by atoms with van der Waals surface area (Å²) in [7, 11) is 2.64. The molecule has 117 heavy (non-hydrogen) atoms. The smallest absolute Gasteiger partial charge is 0.310 e. The number of aliphatic hydroxyl groups is 7. The summed E-state index contributed by atoms with van der Waals surface area (Å²) < 4.78 is 71.5. The van der Waals surface area contributed by atoms with Crippen molar-refractivity contribution >= 4 is 83.6 Å². The van der Waals surface area contributed by atoms with Crippen molar-refractivity contribution in [3.63, 3.8) is 0 Å². The van der Waals surface area contributed by atoms with Crippen LogP contribution in [0.2, 0.25) is 0 Å². The molecule has 646 valence electrons. The molecule has 35 heteroatoms. The number of rotatable bonds is 16. The summed E-state index contributed by atoms with van der Waals surface area (Å²) in [6.07, 6.45) is 1.87. The second-order valence-corrected chi connectivity index (χ2v) is 36.5. The highest BCUT2D eigenvalue weighted by Gasteiger charge is 2.75. The van der Waals surface area contributed by atoms with Crippen LogP contribution in [0.15, 0.2) is 0 Å². The lowest BCUT2D eigenvalue weighted by Crippen LogP contribution is -2.43. The highest BCUT2D eigenvalue weighted by Crippen LogP contribution is 2.66. The lowest BCUT2D eigenvalue weighted by Gasteiger charge is -2.29. The van der Waals surface area contributed by atoms with Gasteiger partial charge in [-0.2, -0.15) is 0 Å². The summed E-state index contributed by atoms with van der Waals surface area (Å²) in [5.74, 6) is -10.8. The molecule has 7 saturated heterocycles. The van der Waals surface area contributed by atoms with E-state index < -0.39 is 89.4 Å². The van der Waals surface area contributed by atoms with Gasteiger partial charge in [0, 0.05) is 103 Å². The molecule has 21 rings (SSSR count). The van der Waals surface area contributed by atoms with E-state index in [1.807, 2.05) is 13.8 Å². The molecule has 21 fully saturated rings. The second kappa shape index (κ2) is 32.4. The van der Waals surface area contributed by atoms with Crippen LogP contribution in [0.3, 0.4) is 0 Å². The van der Waals surface area contributed by atoms with Gasteiger partial charge >= 0.3 is 83.6 Å². The van der Waals surface area contributed by atoms with E-state index in [-0.39, 0.29) is 270 Å².